The first-order chi connectivity index (χ1) is 14.4. The third-order valence-corrected chi connectivity index (χ3v) is 4.37. The molecule has 0 spiro atoms. The Labute approximate surface area is 198 Å². The van der Waals surface area contributed by atoms with E-state index in [9.17, 15) is 8.78 Å². The number of nitrogens with one attached hydrogen (secondary N) is 1. The Morgan fingerprint density at radius 3 is 2.10 bits per heavy atom. The number of hydrogen-bond acceptors (Lipinski definition) is 5. The zero-order valence-electron chi connectivity index (χ0n) is 18.1. The molecule has 0 aliphatic carbocycles. The van der Waals surface area contributed by atoms with E-state index in [4.69, 9.17) is 14.2 Å². The molecule has 0 atom stereocenters. The van der Waals surface area contributed by atoms with Crippen molar-refractivity contribution in [3.8, 4) is 23.0 Å². The van der Waals surface area contributed by atoms with Crippen LogP contribution in [0.3, 0.4) is 0 Å². The first-order valence-electron chi connectivity index (χ1n) is 9.16. The third kappa shape index (κ3) is 7.60. The molecule has 0 unspecified atom stereocenters. The van der Waals surface area contributed by atoms with Crippen molar-refractivity contribution in [3.63, 3.8) is 0 Å². The lowest BCUT2D eigenvalue weighted by atomic mass is 10.1. The summed E-state index contributed by atoms with van der Waals surface area (Å²) in [5, 5.41) is 3.28. The number of guanidine groups is 1. The molecule has 2 rings (SSSR count). The smallest absolute Gasteiger partial charge is 0.387 e. The molecule has 0 bridgehead atoms. The predicted molar refractivity (Wildman–Crippen MR) is 126 cm³/mol. The molecular weight excluding hydrogens is 523 g/mol. The van der Waals surface area contributed by atoms with Gasteiger partial charge in [-0.05, 0) is 23.8 Å². The normalized spacial score (nSPS) is 10.9. The van der Waals surface area contributed by atoms with Crippen LogP contribution in [0.25, 0.3) is 0 Å². The maximum Gasteiger partial charge on any atom is 0.387 e. The van der Waals surface area contributed by atoms with Crippen LogP contribution in [-0.4, -0.2) is 52.9 Å². The number of benzene rings is 2. The Bertz CT molecular complexity index is 851. The van der Waals surface area contributed by atoms with Crippen molar-refractivity contribution in [3.05, 3.63) is 47.5 Å². The van der Waals surface area contributed by atoms with Crippen molar-refractivity contribution >= 4 is 29.9 Å². The largest absolute Gasteiger partial charge is 0.496 e. The standard InChI is InChI=1S/C21H27F2N3O4.HI/c1-24-21(26(2)13-14-6-8-16(9-7-14)30-20(22)23)25-12-15-10-18(28-4)19(29-5)11-17(15)27-3;/h6-11,20H,12-13H2,1-5H3,(H,24,25);1H. The fourth-order valence-electron chi connectivity index (χ4n) is 2.91. The minimum Gasteiger partial charge on any atom is -0.496 e. The Morgan fingerprint density at radius 2 is 1.58 bits per heavy atom. The van der Waals surface area contributed by atoms with Crippen LogP contribution in [0.15, 0.2) is 41.4 Å². The molecule has 0 radical (unpaired) electrons. The predicted octanol–water partition coefficient (Wildman–Crippen LogP) is 4.14. The summed E-state index contributed by atoms with van der Waals surface area (Å²) in [6.07, 6.45) is 0. The molecule has 0 heterocycles. The molecule has 0 aliphatic rings. The van der Waals surface area contributed by atoms with Gasteiger partial charge >= 0.3 is 6.61 Å². The van der Waals surface area contributed by atoms with E-state index in [-0.39, 0.29) is 29.7 Å². The van der Waals surface area contributed by atoms with E-state index >= 15 is 0 Å². The number of alkyl halides is 2. The lowest BCUT2D eigenvalue weighted by Gasteiger charge is -2.23. The van der Waals surface area contributed by atoms with E-state index in [1.807, 2.05) is 18.0 Å². The monoisotopic (exact) mass is 551 g/mol. The molecule has 2 aromatic rings. The number of methoxy groups -OCH3 is 3. The summed E-state index contributed by atoms with van der Waals surface area (Å²) in [6, 6.07) is 10.1. The van der Waals surface area contributed by atoms with Gasteiger partial charge in [-0.15, -0.1) is 24.0 Å². The third-order valence-electron chi connectivity index (χ3n) is 4.37. The molecule has 0 aromatic heterocycles. The van der Waals surface area contributed by atoms with Gasteiger partial charge in [0.05, 0.1) is 21.3 Å². The average Bonchev–Trinajstić information content (AvgIpc) is 2.74. The van der Waals surface area contributed by atoms with Crippen molar-refractivity contribution in [2.24, 2.45) is 4.99 Å². The first-order valence-corrected chi connectivity index (χ1v) is 9.16. The number of halogens is 3. The van der Waals surface area contributed by atoms with Crippen LogP contribution in [0.2, 0.25) is 0 Å². The summed E-state index contributed by atoms with van der Waals surface area (Å²) in [5.74, 6) is 2.62. The van der Waals surface area contributed by atoms with Crippen LogP contribution in [0.5, 0.6) is 23.0 Å². The van der Waals surface area contributed by atoms with Gasteiger partial charge in [0.15, 0.2) is 17.5 Å². The van der Waals surface area contributed by atoms with E-state index in [0.717, 1.165) is 11.1 Å². The summed E-state index contributed by atoms with van der Waals surface area (Å²) in [6.45, 7) is -1.87. The quantitative estimate of drug-likeness (QED) is 0.287. The lowest BCUT2D eigenvalue weighted by molar-refractivity contribution is -0.0498. The van der Waals surface area contributed by atoms with Crippen molar-refractivity contribution in [2.75, 3.05) is 35.4 Å². The second-order valence-corrected chi connectivity index (χ2v) is 6.30. The van der Waals surface area contributed by atoms with Crippen molar-refractivity contribution in [2.45, 2.75) is 19.7 Å². The zero-order chi connectivity index (χ0) is 22.1. The highest BCUT2D eigenvalue weighted by Crippen LogP contribution is 2.34. The van der Waals surface area contributed by atoms with Crippen LogP contribution in [0, 0.1) is 0 Å². The molecule has 172 valence electrons. The van der Waals surface area contributed by atoms with E-state index < -0.39 is 6.61 Å². The molecule has 0 fully saturated rings. The molecule has 1 N–H and O–H groups in total. The second kappa shape index (κ2) is 13.0. The van der Waals surface area contributed by atoms with Gasteiger partial charge in [0.25, 0.3) is 0 Å². The summed E-state index contributed by atoms with van der Waals surface area (Å²) in [7, 11) is 8.30. The van der Waals surface area contributed by atoms with E-state index in [1.165, 1.54) is 12.1 Å². The Balaban J connectivity index is 0.00000480. The van der Waals surface area contributed by atoms with Gasteiger partial charge in [-0.25, -0.2) is 0 Å². The van der Waals surface area contributed by atoms with E-state index in [0.29, 0.717) is 36.3 Å². The van der Waals surface area contributed by atoms with Crippen LogP contribution in [0.1, 0.15) is 11.1 Å². The molecular formula is C21H28F2IN3O4. The minimum atomic E-state index is -2.84. The van der Waals surface area contributed by atoms with Gasteiger partial charge < -0.3 is 29.2 Å². The number of nitrogens with zero attached hydrogens (tertiary/aromatic N) is 2. The van der Waals surface area contributed by atoms with Gasteiger partial charge in [0.1, 0.15) is 11.5 Å². The molecule has 10 heteroatoms. The molecule has 0 saturated carbocycles. The molecule has 2 aromatic carbocycles. The van der Waals surface area contributed by atoms with E-state index in [1.54, 1.807) is 46.6 Å². The fourth-order valence-corrected chi connectivity index (χ4v) is 2.91. The number of hydrogen-bond donors (Lipinski definition) is 1. The topological polar surface area (TPSA) is 64.6 Å². The van der Waals surface area contributed by atoms with Crippen LogP contribution in [0.4, 0.5) is 8.78 Å². The molecule has 0 aliphatic heterocycles. The first kappa shape index (κ1) is 26.5. The van der Waals surface area contributed by atoms with Gasteiger partial charge in [0, 0.05) is 38.8 Å². The van der Waals surface area contributed by atoms with Crippen molar-refractivity contribution < 1.29 is 27.7 Å². The fraction of sp³-hybridized carbons (Fsp3) is 0.381. The highest BCUT2D eigenvalue weighted by Gasteiger charge is 2.14. The van der Waals surface area contributed by atoms with Crippen LogP contribution in [-0.2, 0) is 13.1 Å². The van der Waals surface area contributed by atoms with Crippen molar-refractivity contribution in [1.82, 2.24) is 10.2 Å². The number of rotatable bonds is 9. The maximum atomic E-state index is 12.3. The van der Waals surface area contributed by atoms with Gasteiger partial charge in [-0.2, -0.15) is 8.78 Å². The molecule has 0 amide bonds. The summed E-state index contributed by atoms with van der Waals surface area (Å²) >= 11 is 0. The maximum absolute atomic E-state index is 12.3. The summed E-state index contributed by atoms with van der Waals surface area (Å²) in [5.41, 5.74) is 1.80. The lowest BCUT2D eigenvalue weighted by Crippen LogP contribution is -2.38. The Morgan fingerprint density at radius 1 is 1.00 bits per heavy atom. The zero-order valence-corrected chi connectivity index (χ0v) is 20.5. The van der Waals surface area contributed by atoms with Crippen molar-refractivity contribution in [1.29, 1.82) is 0 Å². The summed E-state index contributed by atoms with van der Waals surface area (Å²) < 4.78 is 45.0. The molecule has 7 nitrogen and oxygen atoms in total. The van der Waals surface area contributed by atoms with Gasteiger partial charge in [0.2, 0.25) is 0 Å². The van der Waals surface area contributed by atoms with E-state index in [2.05, 4.69) is 15.0 Å². The molecule has 31 heavy (non-hydrogen) atoms. The number of ether oxygens (including phenoxy) is 4. The summed E-state index contributed by atoms with van der Waals surface area (Å²) in [4.78, 5) is 6.21. The van der Waals surface area contributed by atoms with Crippen LogP contribution >= 0.6 is 24.0 Å². The Kier molecular flexibility index (Phi) is 11.2. The highest BCUT2D eigenvalue weighted by molar-refractivity contribution is 14.0. The van der Waals surface area contributed by atoms with Crippen LogP contribution < -0.4 is 24.3 Å². The SMILES string of the molecule is CN=C(NCc1cc(OC)c(OC)cc1OC)N(C)Cc1ccc(OC(F)F)cc1.I. The van der Waals surface area contributed by atoms with Gasteiger partial charge in [-0.1, -0.05) is 12.1 Å². The molecule has 0 saturated heterocycles. The second-order valence-electron chi connectivity index (χ2n) is 6.30. The highest BCUT2D eigenvalue weighted by atomic mass is 127. The Hall–Kier alpha value is -2.50. The number of aliphatic imine (C=N–C) groups is 1. The minimum absolute atomic E-state index is 0. The van der Waals surface area contributed by atoms with Gasteiger partial charge in [-0.3, -0.25) is 4.99 Å². The average molecular weight is 551 g/mol.